The summed E-state index contributed by atoms with van der Waals surface area (Å²) < 4.78 is 67.0. The number of anilines is 1. The van der Waals surface area contributed by atoms with Gasteiger partial charge in [-0.1, -0.05) is 12.1 Å². The first-order chi connectivity index (χ1) is 12.7. The van der Waals surface area contributed by atoms with Gasteiger partial charge < -0.3 is 14.7 Å². The number of aromatic hydroxyl groups is 1. The molecular formula is C17H17F3N2O4S. The van der Waals surface area contributed by atoms with E-state index in [1.54, 1.807) is 24.3 Å². The van der Waals surface area contributed by atoms with Gasteiger partial charge in [0.1, 0.15) is 11.5 Å². The molecular weight excluding hydrogens is 385 g/mol. The van der Waals surface area contributed by atoms with Gasteiger partial charge in [-0.3, -0.25) is 0 Å². The first kappa shape index (κ1) is 19.3. The molecule has 2 aromatic carbocycles. The molecule has 1 saturated heterocycles. The van der Waals surface area contributed by atoms with Crippen LogP contribution in [0.4, 0.5) is 18.9 Å². The predicted molar refractivity (Wildman–Crippen MR) is 92.2 cm³/mol. The van der Waals surface area contributed by atoms with Gasteiger partial charge in [0, 0.05) is 26.2 Å². The van der Waals surface area contributed by atoms with E-state index in [-0.39, 0.29) is 23.7 Å². The average molecular weight is 402 g/mol. The molecule has 0 radical (unpaired) electrons. The maximum atomic E-state index is 12.7. The van der Waals surface area contributed by atoms with Gasteiger partial charge in [0.25, 0.3) is 0 Å². The van der Waals surface area contributed by atoms with E-state index in [0.717, 1.165) is 24.3 Å². The van der Waals surface area contributed by atoms with Crippen molar-refractivity contribution in [2.75, 3.05) is 31.1 Å². The predicted octanol–water partition coefficient (Wildman–Crippen LogP) is 2.80. The average Bonchev–Trinajstić information content (AvgIpc) is 2.61. The van der Waals surface area contributed by atoms with Crippen LogP contribution in [-0.2, 0) is 10.0 Å². The molecule has 2 aromatic rings. The second-order valence-electron chi connectivity index (χ2n) is 5.90. The van der Waals surface area contributed by atoms with Crippen molar-refractivity contribution in [3.63, 3.8) is 0 Å². The van der Waals surface area contributed by atoms with Crippen LogP contribution < -0.4 is 9.64 Å². The van der Waals surface area contributed by atoms with Crippen LogP contribution in [-0.4, -0.2) is 50.4 Å². The Balaban J connectivity index is 1.69. The molecule has 0 amide bonds. The van der Waals surface area contributed by atoms with Gasteiger partial charge in [-0.05, 0) is 36.4 Å². The number of hydrogen-bond donors (Lipinski definition) is 1. The van der Waals surface area contributed by atoms with Gasteiger partial charge in [0.05, 0.1) is 10.6 Å². The summed E-state index contributed by atoms with van der Waals surface area (Å²) in [6.45, 7) is 1.15. The fourth-order valence-electron chi connectivity index (χ4n) is 2.86. The molecule has 0 saturated carbocycles. The normalized spacial score (nSPS) is 16.3. The minimum absolute atomic E-state index is 0.104. The van der Waals surface area contributed by atoms with E-state index >= 15 is 0 Å². The molecule has 27 heavy (non-hydrogen) atoms. The molecule has 6 nitrogen and oxygen atoms in total. The number of phenolic OH excluding ortho intramolecular Hbond substituents is 1. The lowest BCUT2D eigenvalue weighted by Gasteiger charge is -2.35. The number of alkyl halides is 3. The number of hydrogen-bond acceptors (Lipinski definition) is 5. The van der Waals surface area contributed by atoms with Gasteiger partial charge in [0.2, 0.25) is 10.0 Å². The fraction of sp³-hybridized carbons (Fsp3) is 0.294. The van der Waals surface area contributed by atoms with Crippen LogP contribution in [0.3, 0.4) is 0 Å². The molecule has 10 heteroatoms. The van der Waals surface area contributed by atoms with Gasteiger partial charge in [-0.2, -0.15) is 4.31 Å². The standard InChI is InChI=1S/C17H17F3N2O4S/c18-17(19,20)26-13-5-7-14(8-6-13)27(24,25)22-11-9-21(10-12-22)15-3-1-2-4-16(15)23/h1-8,23H,9-12H2. The highest BCUT2D eigenvalue weighted by Gasteiger charge is 2.32. The van der Waals surface area contributed by atoms with Crippen LogP contribution in [0.2, 0.25) is 0 Å². The number of phenols is 1. The highest BCUT2D eigenvalue weighted by molar-refractivity contribution is 7.89. The van der Waals surface area contributed by atoms with Gasteiger partial charge >= 0.3 is 6.36 Å². The number of rotatable bonds is 4. The number of benzene rings is 2. The largest absolute Gasteiger partial charge is 0.573 e. The van der Waals surface area contributed by atoms with E-state index in [2.05, 4.69) is 4.74 Å². The van der Waals surface area contributed by atoms with E-state index in [1.165, 1.54) is 4.31 Å². The van der Waals surface area contributed by atoms with Crippen molar-refractivity contribution >= 4 is 15.7 Å². The minimum atomic E-state index is -4.83. The quantitative estimate of drug-likeness (QED) is 0.852. The van der Waals surface area contributed by atoms with E-state index in [1.807, 2.05) is 4.90 Å². The zero-order valence-corrected chi connectivity index (χ0v) is 14.9. The van der Waals surface area contributed by atoms with Gasteiger partial charge in [0.15, 0.2) is 0 Å². The van der Waals surface area contributed by atoms with Gasteiger partial charge in [-0.15, -0.1) is 13.2 Å². The number of sulfonamides is 1. The summed E-state index contributed by atoms with van der Waals surface area (Å²) in [4.78, 5) is 1.77. The summed E-state index contributed by atoms with van der Waals surface area (Å²) in [5.74, 6) is -0.361. The number of nitrogens with zero attached hydrogens (tertiary/aromatic N) is 2. The second-order valence-corrected chi connectivity index (χ2v) is 7.84. The van der Waals surface area contributed by atoms with Crippen molar-refractivity contribution in [1.82, 2.24) is 4.31 Å². The Bertz CT molecular complexity index is 893. The Kier molecular flexibility index (Phi) is 5.20. The lowest BCUT2D eigenvalue weighted by atomic mass is 10.2. The first-order valence-corrected chi connectivity index (χ1v) is 9.50. The van der Waals surface area contributed by atoms with E-state index < -0.39 is 22.1 Å². The molecule has 0 bridgehead atoms. The second kappa shape index (κ2) is 7.28. The fourth-order valence-corrected chi connectivity index (χ4v) is 4.29. The topological polar surface area (TPSA) is 70.1 Å². The maximum absolute atomic E-state index is 12.7. The maximum Gasteiger partial charge on any atom is 0.573 e. The Morgan fingerprint density at radius 2 is 1.52 bits per heavy atom. The summed E-state index contributed by atoms with van der Waals surface area (Å²) in [5, 5.41) is 9.91. The monoisotopic (exact) mass is 402 g/mol. The zero-order chi connectivity index (χ0) is 19.7. The summed E-state index contributed by atoms with van der Waals surface area (Å²) >= 11 is 0. The Morgan fingerprint density at radius 3 is 2.07 bits per heavy atom. The third kappa shape index (κ3) is 4.45. The lowest BCUT2D eigenvalue weighted by molar-refractivity contribution is -0.274. The van der Waals surface area contributed by atoms with Crippen LogP contribution in [0.15, 0.2) is 53.4 Å². The third-order valence-electron chi connectivity index (χ3n) is 4.16. The van der Waals surface area contributed by atoms with Gasteiger partial charge in [-0.25, -0.2) is 8.42 Å². The number of halogens is 3. The van der Waals surface area contributed by atoms with Crippen molar-refractivity contribution in [3.05, 3.63) is 48.5 Å². The highest BCUT2D eigenvalue weighted by atomic mass is 32.2. The molecule has 0 aliphatic carbocycles. The van der Waals surface area contributed by atoms with Crippen molar-refractivity contribution < 1.29 is 31.4 Å². The molecule has 3 rings (SSSR count). The van der Waals surface area contributed by atoms with E-state index in [0.29, 0.717) is 18.8 Å². The summed E-state index contributed by atoms with van der Waals surface area (Å²) in [7, 11) is -3.83. The molecule has 1 aliphatic rings. The summed E-state index contributed by atoms with van der Waals surface area (Å²) in [6, 6.07) is 10.9. The zero-order valence-electron chi connectivity index (χ0n) is 14.1. The van der Waals surface area contributed by atoms with Crippen molar-refractivity contribution in [1.29, 1.82) is 0 Å². The molecule has 1 heterocycles. The molecule has 1 aliphatic heterocycles. The SMILES string of the molecule is O=S(=O)(c1ccc(OC(F)(F)F)cc1)N1CCN(c2ccccc2O)CC1. The minimum Gasteiger partial charge on any atom is -0.506 e. The van der Waals surface area contributed by atoms with Crippen molar-refractivity contribution in [2.45, 2.75) is 11.3 Å². The molecule has 0 unspecified atom stereocenters. The first-order valence-electron chi connectivity index (χ1n) is 8.06. The van der Waals surface area contributed by atoms with Crippen molar-refractivity contribution in [2.24, 2.45) is 0 Å². The Labute approximate surface area is 154 Å². The molecule has 0 aromatic heterocycles. The number of para-hydroxylation sites is 2. The Morgan fingerprint density at radius 1 is 0.926 bits per heavy atom. The van der Waals surface area contributed by atoms with E-state index in [4.69, 9.17) is 0 Å². The lowest BCUT2D eigenvalue weighted by Crippen LogP contribution is -2.48. The third-order valence-corrected chi connectivity index (χ3v) is 6.07. The van der Waals surface area contributed by atoms with Crippen LogP contribution >= 0.6 is 0 Å². The smallest absolute Gasteiger partial charge is 0.506 e. The van der Waals surface area contributed by atoms with E-state index in [9.17, 15) is 26.7 Å². The highest BCUT2D eigenvalue weighted by Crippen LogP contribution is 2.29. The van der Waals surface area contributed by atoms with Crippen LogP contribution in [0, 0.1) is 0 Å². The number of ether oxygens (including phenoxy) is 1. The molecule has 0 atom stereocenters. The molecule has 1 fully saturated rings. The molecule has 146 valence electrons. The van der Waals surface area contributed by atoms with Crippen molar-refractivity contribution in [3.8, 4) is 11.5 Å². The van der Waals surface area contributed by atoms with Crippen LogP contribution in [0.1, 0.15) is 0 Å². The summed E-state index contributed by atoms with van der Waals surface area (Å²) in [6.07, 6.45) is -4.83. The Hall–Kier alpha value is -2.46. The molecule has 1 N–H and O–H groups in total. The van der Waals surface area contributed by atoms with Crippen LogP contribution in [0.5, 0.6) is 11.5 Å². The summed E-state index contributed by atoms with van der Waals surface area (Å²) in [5.41, 5.74) is 0.628. The molecule has 0 spiro atoms. The number of piperazine rings is 1. The van der Waals surface area contributed by atoms with Crippen LogP contribution in [0.25, 0.3) is 0 Å².